The number of aliphatic hydroxyl groups is 1. The van der Waals surface area contributed by atoms with Crippen molar-refractivity contribution in [2.75, 3.05) is 13.7 Å². The van der Waals surface area contributed by atoms with Crippen molar-refractivity contribution in [2.24, 2.45) is 0 Å². The van der Waals surface area contributed by atoms with Crippen LogP contribution >= 0.6 is 0 Å². The Morgan fingerprint density at radius 1 is 1.12 bits per heavy atom. The summed E-state index contributed by atoms with van der Waals surface area (Å²) >= 11 is 0. The Labute approximate surface area is 140 Å². The molecule has 1 atom stereocenters. The van der Waals surface area contributed by atoms with Crippen LogP contribution in [0.5, 0.6) is 5.75 Å². The number of carbonyl (C=O) groups is 2. The fourth-order valence-corrected chi connectivity index (χ4v) is 2.03. The summed E-state index contributed by atoms with van der Waals surface area (Å²) in [4.78, 5) is 23.6. The maximum Gasteiger partial charge on any atom is 0.330 e. The topological polar surface area (TPSA) is 84.9 Å². The van der Waals surface area contributed by atoms with E-state index in [4.69, 9.17) is 9.84 Å². The second kappa shape index (κ2) is 8.69. The van der Waals surface area contributed by atoms with Gasteiger partial charge >= 0.3 is 5.97 Å². The van der Waals surface area contributed by atoms with Crippen molar-refractivity contribution in [2.45, 2.75) is 12.6 Å². The Hall–Kier alpha value is -2.86. The Bertz CT molecular complexity index is 687. The highest BCUT2D eigenvalue weighted by Gasteiger charge is 2.21. The molecule has 0 spiro atoms. The van der Waals surface area contributed by atoms with Crippen molar-refractivity contribution in [3.05, 3.63) is 65.7 Å². The summed E-state index contributed by atoms with van der Waals surface area (Å²) in [5, 5.41) is 11.6. The summed E-state index contributed by atoms with van der Waals surface area (Å²) in [6.07, 6.45) is 0. The summed E-state index contributed by atoms with van der Waals surface area (Å²) in [5.41, 5.74) is 1.33. The molecule has 6 heteroatoms. The third-order valence-electron chi connectivity index (χ3n) is 3.32. The van der Waals surface area contributed by atoms with Gasteiger partial charge in [-0.1, -0.05) is 36.4 Å². The van der Waals surface area contributed by atoms with E-state index in [9.17, 15) is 9.59 Å². The third-order valence-corrected chi connectivity index (χ3v) is 3.32. The van der Waals surface area contributed by atoms with Crippen LogP contribution in [0.1, 0.15) is 15.9 Å². The SMILES string of the molecule is COC(=O)C(CO)NC(=O)c1cccc(OCc2ccccc2)c1. The van der Waals surface area contributed by atoms with E-state index < -0.39 is 24.5 Å². The fourth-order valence-electron chi connectivity index (χ4n) is 2.03. The number of rotatable bonds is 7. The first-order valence-corrected chi connectivity index (χ1v) is 7.40. The minimum Gasteiger partial charge on any atom is -0.489 e. The van der Waals surface area contributed by atoms with Crippen molar-refractivity contribution in [1.82, 2.24) is 5.32 Å². The molecular formula is C18H19NO5. The molecule has 2 aromatic rings. The van der Waals surface area contributed by atoms with Gasteiger partial charge in [-0.2, -0.15) is 0 Å². The second-order valence-electron chi connectivity index (χ2n) is 5.03. The van der Waals surface area contributed by atoms with E-state index in [0.717, 1.165) is 5.56 Å². The first-order chi connectivity index (χ1) is 11.6. The van der Waals surface area contributed by atoms with Gasteiger partial charge in [0.2, 0.25) is 0 Å². The monoisotopic (exact) mass is 329 g/mol. The normalized spacial score (nSPS) is 11.4. The van der Waals surface area contributed by atoms with Crippen molar-refractivity contribution in [3.63, 3.8) is 0 Å². The lowest BCUT2D eigenvalue weighted by molar-refractivity contribution is -0.143. The summed E-state index contributed by atoms with van der Waals surface area (Å²) in [5.74, 6) is -0.669. The molecule has 126 valence electrons. The smallest absolute Gasteiger partial charge is 0.330 e. The molecule has 0 aliphatic rings. The Morgan fingerprint density at radius 2 is 1.88 bits per heavy atom. The molecule has 24 heavy (non-hydrogen) atoms. The molecule has 2 aromatic carbocycles. The Balaban J connectivity index is 2.01. The van der Waals surface area contributed by atoms with E-state index in [-0.39, 0.29) is 0 Å². The zero-order chi connectivity index (χ0) is 17.4. The lowest BCUT2D eigenvalue weighted by atomic mass is 10.2. The van der Waals surface area contributed by atoms with Crippen LogP contribution in [0.2, 0.25) is 0 Å². The summed E-state index contributed by atoms with van der Waals surface area (Å²) in [6, 6.07) is 15.1. The number of hydrogen-bond acceptors (Lipinski definition) is 5. The van der Waals surface area contributed by atoms with Crippen LogP contribution in [0.4, 0.5) is 0 Å². The summed E-state index contributed by atoms with van der Waals surface area (Å²) in [6.45, 7) is -0.157. The van der Waals surface area contributed by atoms with Gasteiger partial charge in [0.05, 0.1) is 13.7 Å². The van der Waals surface area contributed by atoms with Crippen LogP contribution in [-0.4, -0.2) is 36.7 Å². The first kappa shape index (κ1) is 17.5. The Morgan fingerprint density at radius 3 is 2.54 bits per heavy atom. The lowest BCUT2D eigenvalue weighted by Gasteiger charge is -2.14. The van der Waals surface area contributed by atoms with Gasteiger partial charge in [0.15, 0.2) is 6.04 Å². The lowest BCUT2D eigenvalue weighted by Crippen LogP contribution is -2.44. The first-order valence-electron chi connectivity index (χ1n) is 7.40. The van der Waals surface area contributed by atoms with Crippen molar-refractivity contribution < 1.29 is 24.2 Å². The molecule has 0 radical (unpaired) electrons. The molecule has 6 nitrogen and oxygen atoms in total. The molecule has 0 saturated heterocycles. The third kappa shape index (κ3) is 4.82. The number of amides is 1. The van der Waals surface area contributed by atoms with Crippen molar-refractivity contribution in [3.8, 4) is 5.75 Å². The predicted molar refractivity (Wildman–Crippen MR) is 87.6 cm³/mol. The van der Waals surface area contributed by atoms with E-state index in [2.05, 4.69) is 10.1 Å². The van der Waals surface area contributed by atoms with Crippen LogP contribution < -0.4 is 10.1 Å². The zero-order valence-electron chi connectivity index (χ0n) is 13.3. The van der Waals surface area contributed by atoms with E-state index in [1.54, 1.807) is 24.3 Å². The summed E-state index contributed by atoms with van der Waals surface area (Å²) < 4.78 is 10.2. The number of aliphatic hydroxyl groups excluding tert-OH is 1. The minimum atomic E-state index is -1.10. The van der Waals surface area contributed by atoms with Gasteiger partial charge < -0.3 is 19.9 Å². The number of nitrogens with one attached hydrogen (secondary N) is 1. The molecule has 2 rings (SSSR count). The quantitative estimate of drug-likeness (QED) is 0.753. The number of benzene rings is 2. The average Bonchev–Trinajstić information content (AvgIpc) is 2.64. The molecule has 0 bridgehead atoms. The van der Waals surface area contributed by atoms with Gasteiger partial charge in [0, 0.05) is 5.56 Å². The van der Waals surface area contributed by atoms with E-state index in [1.807, 2.05) is 30.3 Å². The minimum absolute atomic E-state index is 0.322. The largest absolute Gasteiger partial charge is 0.489 e. The van der Waals surface area contributed by atoms with Crippen molar-refractivity contribution in [1.29, 1.82) is 0 Å². The van der Waals surface area contributed by atoms with Crippen LogP contribution in [0.25, 0.3) is 0 Å². The zero-order valence-corrected chi connectivity index (χ0v) is 13.3. The van der Waals surface area contributed by atoms with Gasteiger partial charge in [-0.3, -0.25) is 4.79 Å². The summed E-state index contributed by atoms with van der Waals surface area (Å²) in [7, 11) is 1.19. The molecule has 0 aliphatic heterocycles. The molecular weight excluding hydrogens is 310 g/mol. The molecule has 1 unspecified atom stereocenters. The highest BCUT2D eigenvalue weighted by atomic mass is 16.5. The molecule has 0 heterocycles. The van der Waals surface area contributed by atoms with Crippen LogP contribution in [0.3, 0.4) is 0 Å². The maximum absolute atomic E-state index is 12.2. The number of hydrogen-bond donors (Lipinski definition) is 2. The number of ether oxygens (including phenoxy) is 2. The van der Waals surface area contributed by atoms with Gasteiger partial charge in [0.1, 0.15) is 12.4 Å². The molecule has 0 aliphatic carbocycles. The number of methoxy groups -OCH3 is 1. The van der Waals surface area contributed by atoms with E-state index in [1.165, 1.54) is 7.11 Å². The average molecular weight is 329 g/mol. The van der Waals surface area contributed by atoms with Gasteiger partial charge in [-0.05, 0) is 23.8 Å². The molecule has 0 fully saturated rings. The van der Waals surface area contributed by atoms with Gasteiger partial charge in [-0.15, -0.1) is 0 Å². The predicted octanol–water partition coefficient (Wildman–Crippen LogP) is 1.53. The van der Waals surface area contributed by atoms with Crippen molar-refractivity contribution >= 4 is 11.9 Å². The van der Waals surface area contributed by atoms with E-state index in [0.29, 0.717) is 17.9 Å². The highest BCUT2D eigenvalue weighted by molar-refractivity contribution is 5.97. The van der Waals surface area contributed by atoms with Gasteiger partial charge in [-0.25, -0.2) is 4.79 Å². The standard InChI is InChI=1S/C18H19NO5/c1-23-18(22)16(11-20)19-17(21)14-8-5-9-15(10-14)24-12-13-6-3-2-4-7-13/h2-10,16,20H,11-12H2,1H3,(H,19,21). The van der Waals surface area contributed by atoms with Gasteiger partial charge in [0.25, 0.3) is 5.91 Å². The van der Waals surface area contributed by atoms with Crippen LogP contribution in [0, 0.1) is 0 Å². The number of esters is 1. The molecule has 2 N–H and O–H groups in total. The Kier molecular flexibility index (Phi) is 6.33. The molecule has 1 amide bonds. The van der Waals surface area contributed by atoms with Crippen LogP contribution in [0.15, 0.2) is 54.6 Å². The second-order valence-corrected chi connectivity index (χ2v) is 5.03. The highest BCUT2D eigenvalue weighted by Crippen LogP contribution is 2.15. The number of carbonyl (C=O) groups excluding carboxylic acids is 2. The fraction of sp³-hybridized carbons (Fsp3) is 0.222. The maximum atomic E-state index is 12.2. The molecule has 0 aromatic heterocycles. The van der Waals surface area contributed by atoms with E-state index >= 15 is 0 Å². The molecule has 0 saturated carbocycles. The van der Waals surface area contributed by atoms with Crippen LogP contribution in [-0.2, 0) is 16.1 Å².